The van der Waals surface area contributed by atoms with E-state index in [1.807, 2.05) is 68.4 Å². The van der Waals surface area contributed by atoms with Crippen molar-refractivity contribution in [1.29, 1.82) is 0 Å². The van der Waals surface area contributed by atoms with Gasteiger partial charge >= 0.3 is 5.69 Å². The van der Waals surface area contributed by atoms with Crippen LogP contribution in [0.4, 0.5) is 0 Å². The second-order valence-electron chi connectivity index (χ2n) is 10.4. The standard InChI is InChI=1S/C31H29BrN2O6/c1-30(2)39-25-24(38-28(26(25)40-30)34-18-23(32)27(35)33-29(34)36)19-37-31(20-12-6-3-7-13-20,21-14-8-4-9-15-21)22-16-10-5-11-17-22/h3-18,24-26,28H,19H2,1-2H3,(H,33,35,36)/t24-,25-,26-,28-/m1/s1. The summed E-state index contributed by atoms with van der Waals surface area (Å²) in [5.74, 6) is -0.895. The molecule has 2 aliphatic heterocycles. The van der Waals surface area contributed by atoms with Crippen LogP contribution in [0.25, 0.3) is 0 Å². The largest absolute Gasteiger partial charge is 0.358 e. The smallest absolute Gasteiger partial charge is 0.330 e. The van der Waals surface area contributed by atoms with Gasteiger partial charge in [0, 0.05) is 6.20 Å². The van der Waals surface area contributed by atoms with Gasteiger partial charge in [-0.2, -0.15) is 0 Å². The third kappa shape index (κ3) is 4.78. The van der Waals surface area contributed by atoms with Gasteiger partial charge in [0.15, 0.2) is 12.0 Å². The van der Waals surface area contributed by atoms with Crippen molar-refractivity contribution in [2.45, 2.75) is 49.8 Å². The van der Waals surface area contributed by atoms with Crippen LogP contribution in [0.5, 0.6) is 0 Å². The number of fused-ring (bicyclic) bond motifs is 1. The van der Waals surface area contributed by atoms with Crippen molar-refractivity contribution in [3.05, 3.63) is 139 Å². The molecule has 6 rings (SSSR count). The van der Waals surface area contributed by atoms with Crippen molar-refractivity contribution >= 4 is 15.9 Å². The van der Waals surface area contributed by atoms with Gasteiger partial charge in [-0.1, -0.05) is 91.0 Å². The maximum Gasteiger partial charge on any atom is 0.330 e. The Kier molecular flexibility index (Phi) is 7.10. The van der Waals surface area contributed by atoms with Gasteiger partial charge in [0.1, 0.15) is 23.9 Å². The molecular formula is C31H29BrN2O6. The van der Waals surface area contributed by atoms with Crippen LogP contribution in [0.2, 0.25) is 0 Å². The maximum atomic E-state index is 12.8. The molecule has 2 aliphatic rings. The summed E-state index contributed by atoms with van der Waals surface area (Å²) >= 11 is 3.22. The minimum atomic E-state index is -0.951. The molecule has 0 saturated carbocycles. The molecule has 3 aromatic carbocycles. The van der Waals surface area contributed by atoms with Gasteiger partial charge in [0.05, 0.1) is 11.1 Å². The van der Waals surface area contributed by atoms with Gasteiger partial charge in [0.25, 0.3) is 5.56 Å². The van der Waals surface area contributed by atoms with Crippen LogP contribution in [-0.4, -0.2) is 40.3 Å². The van der Waals surface area contributed by atoms with Crippen LogP contribution in [0.3, 0.4) is 0 Å². The number of aromatic amines is 1. The maximum absolute atomic E-state index is 12.8. The van der Waals surface area contributed by atoms with Gasteiger partial charge in [-0.05, 0) is 46.5 Å². The molecule has 0 amide bonds. The van der Waals surface area contributed by atoms with E-state index in [0.29, 0.717) is 0 Å². The molecule has 4 atom stereocenters. The second kappa shape index (κ2) is 10.6. The number of nitrogens with one attached hydrogen (secondary N) is 1. The first-order valence-corrected chi connectivity index (χ1v) is 13.9. The zero-order valence-corrected chi connectivity index (χ0v) is 23.6. The van der Waals surface area contributed by atoms with Crippen LogP contribution >= 0.6 is 15.9 Å². The predicted molar refractivity (Wildman–Crippen MR) is 152 cm³/mol. The predicted octanol–water partition coefficient (Wildman–Crippen LogP) is 4.73. The third-order valence-electron chi connectivity index (χ3n) is 7.33. The minimum absolute atomic E-state index is 0.134. The first-order chi connectivity index (χ1) is 19.3. The highest BCUT2D eigenvalue weighted by Crippen LogP contribution is 2.45. The number of hydrogen-bond acceptors (Lipinski definition) is 6. The van der Waals surface area contributed by atoms with E-state index >= 15 is 0 Å². The lowest BCUT2D eigenvalue weighted by Crippen LogP contribution is -2.39. The normalized spacial score (nSPS) is 23.7. The van der Waals surface area contributed by atoms with Gasteiger partial charge in [0.2, 0.25) is 0 Å². The molecule has 2 fully saturated rings. The van der Waals surface area contributed by atoms with Crippen molar-refractivity contribution < 1.29 is 18.9 Å². The number of benzene rings is 3. The SMILES string of the molecule is CC1(C)O[C@@H]2[C@H](O1)[C@@H](COC(c1ccccc1)(c1ccccc1)c1ccccc1)O[C@H]2n1cc(Br)c(=O)[nH]c1=O. The van der Waals surface area contributed by atoms with E-state index in [4.69, 9.17) is 18.9 Å². The Bertz CT molecular complexity index is 1490. The molecule has 1 aromatic heterocycles. The summed E-state index contributed by atoms with van der Waals surface area (Å²) in [5, 5.41) is 0. The molecule has 9 heteroatoms. The molecule has 0 unspecified atom stereocenters. The minimum Gasteiger partial charge on any atom is -0.358 e. The Morgan fingerprint density at radius 3 is 1.88 bits per heavy atom. The second-order valence-corrected chi connectivity index (χ2v) is 11.2. The summed E-state index contributed by atoms with van der Waals surface area (Å²) in [5.41, 5.74) is 0.819. The number of ether oxygens (including phenoxy) is 4. The van der Waals surface area contributed by atoms with Gasteiger partial charge < -0.3 is 18.9 Å². The number of nitrogens with zero attached hydrogens (tertiary/aromatic N) is 1. The lowest BCUT2D eigenvalue weighted by molar-refractivity contribution is -0.205. The third-order valence-corrected chi connectivity index (χ3v) is 7.89. The molecular weight excluding hydrogens is 576 g/mol. The fraction of sp³-hybridized carbons (Fsp3) is 0.290. The first kappa shape index (κ1) is 26.9. The van der Waals surface area contributed by atoms with Crippen molar-refractivity contribution in [3.63, 3.8) is 0 Å². The summed E-state index contributed by atoms with van der Waals surface area (Å²) in [6.07, 6.45) is -1.11. The van der Waals surface area contributed by atoms with E-state index < -0.39 is 47.2 Å². The van der Waals surface area contributed by atoms with E-state index in [1.165, 1.54) is 10.8 Å². The Labute approximate surface area is 239 Å². The molecule has 0 aliphatic carbocycles. The summed E-state index contributed by atoms with van der Waals surface area (Å²) in [7, 11) is 0. The van der Waals surface area contributed by atoms with Crippen LogP contribution < -0.4 is 11.2 Å². The van der Waals surface area contributed by atoms with E-state index in [-0.39, 0.29) is 11.1 Å². The average molecular weight is 605 g/mol. The van der Waals surface area contributed by atoms with E-state index in [2.05, 4.69) is 57.3 Å². The summed E-state index contributed by atoms with van der Waals surface area (Å²) in [6.45, 7) is 3.79. The molecule has 206 valence electrons. The number of H-pyrrole nitrogens is 1. The summed E-state index contributed by atoms with van der Waals surface area (Å²) in [6, 6.07) is 30.2. The van der Waals surface area contributed by atoms with Gasteiger partial charge in [-0.15, -0.1) is 0 Å². The Morgan fingerprint density at radius 2 is 1.35 bits per heavy atom. The van der Waals surface area contributed by atoms with Crippen molar-refractivity contribution in [1.82, 2.24) is 9.55 Å². The van der Waals surface area contributed by atoms with Crippen molar-refractivity contribution in [2.24, 2.45) is 0 Å². The van der Waals surface area contributed by atoms with Crippen LogP contribution in [0, 0.1) is 0 Å². The molecule has 0 spiro atoms. The molecule has 2 saturated heterocycles. The lowest BCUT2D eigenvalue weighted by Gasteiger charge is -2.37. The number of halogens is 1. The molecule has 40 heavy (non-hydrogen) atoms. The molecule has 0 bridgehead atoms. The highest BCUT2D eigenvalue weighted by atomic mass is 79.9. The fourth-order valence-corrected chi connectivity index (χ4v) is 5.96. The number of rotatable bonds is 7. The molecule has 1 N–H and O–H groups in total. The zero-order chi connectivity index (χ0) is 27.9. The number of aromatic nitrogens is 2. The van der Waals surface area contributed by atoms with Crippen LogP contribution in [0.15, 0.2) is 111 Å². The summed E-state index contributed by atoms with van der Waals surface area (Å²) < 4.78 is 27.5. The van der Waals surface area contributed by atoms with Gasteiger partial charge in [-0.25, -0.2) is 4.79 Å². The van der Waals surface area contributed by atoms with Crippen molar-refractivity contribution in [2.75, 3.05) is 6.61 Å². The summed E-state index contributed by atoms with van der Waals surface area (Å²) in [4.78, 5) is 27.1. The first-order valence-electron chi connectivity index (χ1n) is 13.1. The Morgan fingerprint density at radius 1 is 0.850 bits per heavy atom. The molecule has 8 nitrogen and oxygen atoms in total. The van der Waals surface area contributed by atoms with E-state index in [9.17, 15) is 9.59 Å². The Hall–Kier alpha value is -3.34. The zero-order valence-electron chi connectivity index (χ0n) is 22.0. The molecule has 4 aromatic rings. The quantitative estimate of drug-likeness (QED) is 0.307. The van der Waals surface area contributed by atoms with Gasteiger partial charge in [-0.3, -0.25) is 14.3 Å². The Balaban J connectivity index is 1.41. The monoisotopic (exact) mass is 604 g/mol. The average Bonchev–Trinajstić information content (AvgIpc) is 3.46. The lowest BCUT2D eigenvalue weighted by atomic mass is 9.80. The number of hydrogen-bond donors (Lipinski definition) is 1. The fourth-order valence-electron chi connectivity index (χ4n) is 5.64. The van der Waals surface area contributed by atoms with E-state index in [1.54, 1.807) is 0 Å². The molecule has 3 heterocycles. The van der Waals surface area contributed by atoms with Crippen LogP contribution in [-0.2, 0) is 24.5 Å². The van der Waals surface area contributed by atoms with E-state index in [0.717, 1.165) is 16.7 Å². The highest BCUT2D eigenvalue weighted by molar-refractivity contribution is 9.10. The highest BCUT2D eigenvalue weighted by Gasteiger charge is 2.56. The molecule has 0 radical (unpaired) electrons. The topological polar surface area (TPSA) is 91.8 Å². The van der Waals surface area contributed by atoms with Crippen LogP contribution in [0.1, 0.15) is 36.8 Å². The van der Waals surface area contributed by atoms with Crippen molar-refractivity contribution in [3.8, 4) is 0 Å².